The molecule has 0 spiro atoms. The zero-order chi connectivity index (χ0) is 12.3. The van der Waals surface area contributed by atoms with Crippen molar-refractivity contribution < 1.29 is 4.74 Å². The Bertz CT molecular complexity index is 536. The third kappa shape index (κ3) is 2.87. The van der Waals surface area contributed by atoms with Crippen molar-refractivity contribution in [3.63, 3.8) is 0 Å². The molecule has 0 radical (unpaired) electrons. The van der Waals surface area contributed by atoms with Gasteiger partial charge in [-0.15, -0.1) is 0 Å². The highest BCUT2D eigenvalue weighted by atomic mass is 79.9. The van der Waals surface area contributed by atoms with Crippen molar-refractivity contribution in [3.8, 4) is 11.6 Å². The number of nitrogens with one attached hydrogen (secondary N) is 1. The molecule has 2 aromatic rings. The summed E-state index contributed by atoms with van der Waals surface area (Å²) in [7, 11) is 1.77. The van der Waals surface area contributed by atoms with Gasteiger partial charge in [-0.1, -0.05) is 17.7 Å². The van der Waals surface area contributed by atoms with E-state index in [2.05, 4.69) is 31.2 Å². The molecule has 1 aromatic carbocycles. The van der Waals surface area contributed by atoms with E-state index in [0.29, 0.717) is 26.9 Å². The molecule has 4 nitrogen and oxygen atoms in total. The van der Waals surface area contributed by atoms with Crippen LogP contribution in [0.15, 0.2) is 35.1 Å². The summed E-state index contributed by atoms with van der Waals surface area (Å²) in [5, 5.41) is 3.54. The van der Waals surface area contributed by atoms with Crippen LogP contribution < -0.4 is 10.1 Å². The summed E-state index contributed by atoms with van der Waals surface area (Å²) in [5.41, 5.74) is 0. The second kappa shape index (κ2) is 5.33. The van der Waals surface area contributed by atoms with Gasteiger partial charge in [-0.2, -0.15) is 0 Å². The fraction of sp³-hybridized carbons (Fsp3) is 0.0909. The Labute approximate surface area is 112 Å². The number of halogens is 2. The summed E-state index contributed by atoms with van der Waals surface area (Å²) < 4.78 is 6.28. The molecule has 6 heteroatoms. The summed E-state index contributed by atoms with van der Waals surface area (Å²) in [4.78, 5) is 8.09. The number of ether oxygens (including phenoxy) is 1. The lowest BCUT2D eigenvalue weighted by Crippen LogP contribution is -1.97. The van der Waals surface area contributed by atoms with Crippen molar-refractivity contribution in [3.05, 3.63) is 40.1 Å². The van der Waals surface area contributed by atoms with Crippen LogP contribution in [-0.4, -0.2) is 17.0 Å². The second-order valence-corrected chi connectivity index (χ2v) is 4.38. The minimum absolute atomic E-state index is 0.437. The lowest BCUT2D eigenvalue weighted by Gasteiger charge is -2.08. The molecule has 17 heavy (non-hydrogen) atoms. The van der Waals surface area contributed by atoms with E-state index < -0.39 is 0 Å². The van der Waals surface area contributed by atoms with Gasteiger partial charge < -0.3 is 10.1 Å². The molecule has 1 heterocycles. The number of hydrogen-bond donors (Lipinski definition) is 1. The van der Waals surface area contributed by atoms with Crippen molar-refractivity contribution >= 4 is 33.3 Å². The lowest BCUT2D eigenvalue weighted by atomic mass is 10.3. The molecule has 0 atom stereocenters. The molecule has 0 aliphatic heterocycles. The van der Waals surface area contributed by atoms with Crippen LogP contribution in [0, 0.1) is 0 Å². The van der Waals surface area contributed by atoms with Crippen LogP contribution in [-0.2, 0) is 0 Å². The average molecular weight is 315 g/mol. The standard InChI is InChI=1S/C11H9BrClN3O/c1-14-10-9(12)11(16-6-15-10)17-8-4-2-3-7(13)5-8/h2-6H,1H3,(H,14,15,16). The first-order chi connectivity index (χ1) is 8.20. The van der Waals surface area contributed by atoms with Gasteiger partial charge in [0.05, 0.1) is 0 Å². The van der Waals surface area contributed by atoms with E-state index in [9.17, 15) is 0 Å². The summed E-state index contributed by atoms with van der Waals surface area (Å²) in [6.45, 7) is 0. The van der Waals surface area contributed by atoms with E-state index in [1.54, 1.807) is 25.2 Å². The molecular weight excluding hydrogens is 305 g/mol. The van der Waals surface area contributed by atoms with Crippen LogP contribution in [0.5, 0.6) is 11.6 Å². The normalized spacial score (nSPS) is 10.1. The van der Waals surface area contributed by atoms with E-state index in [4.69, 9.17) is 16.3 Å². The maximum Gasteiger partial charge on any atom is 0.238 e. The summed E-state index contributed by atoms with van der Waals surface area (Å²) in [6.07, 6.45) is 1.43. The predicted molar refractivity (Wildman–Crippen MR) is 70.8 cm³/mol. The predicted octanol–water partition coefficient (Wildman–Crippen LogP) is 3.73. The van der Waals surface area contributed by atoms with Crippen molar-refractivity contribution in [1.82, 2.24) is 9.97 Å². The smallest absolute Gasteiger partial charge is 0.238 e. The maximum atomic E-state index is 5.87. The molecule has 1 N–H and O–H groups in total. The molecule has 0 aliphatic rings. The van der Waals surface area contributed by atoms with E-state index in [1.807, 2.05) is 6.07 Å². The Balaban J connectivity index is 2.30. The van der Waals surface area contributed by atoms with E-state index in [-0.39, 0.29) is 0 Å². The first-order valence-corrected chi connectivity index (χ1v) is 5.99. The summed E-state index contributed by atoms with van der Waals surface area (Å²) >= 11 is 9.24. The quantitative estimate of drug-likeness (QED) is 0.938. The van der Waals surface area contributed by atoms with Gasteiger partial charge in [0.15, 0.2) is 0 Å². The van der Waals surface area contributed by atoms with Gasteiger partial charge in [0.25, 0.3) is 0 Å². The number of benzene rings is 1. The van der Waals surface area contributed by atoms with Crippen LogP contribution in [0.2, 0.25) is 5.02 Å². The minimum Gasteiger partial charge on any atom is -0.438 e. The molecule has 0 fully saturated rings. The Morgan fingerprint density at radius 1 is 1.35 bits per heavy atom. The zero-order valence-electron chi connectivity index (χ0n) is 8.95. The SMILES string of the molecule is CNc1ncnc(Oc2cccc(Cl)c2)c1Br. The third-order valence-electron chi connectivity index (χ3n) is 2.00. The highest BCUT2D eigenvalue weighted by molar-refractivity contribution is 9.10. The molecule has 88 valence electrons. The van der Waals surface area contributed by atoms with Gasteiger partial charge in [-0.25, -0.2) is 9.97 Å². The lowest BCUT2D eigenvalue weighted by molar-refractivity contribution is 0.458. The molecular formula is C11H9BrClN3O. The van der Waals surface area contributed by atoms with Gasteiger partial charge in [-0.3, -0.25) is 0 Å². The second-order valence-electron chi connectivity index (χ2n) is 3.15. The Morgan fingerprint density at radius 3 is 2.88 bits per heavy atom. The van der Waals surface area contributed by atoms with Crippen LogP contribution in [0.3, 0.4) is 0 Å². The van der Waals surface area contributed by atoms with E-state index in [1.165, 1.54) is 6.33 Å². The zero-order valence-corrected chi connectivity index (χ0v) is 11.3. The highest BCUT2D eigenvalue weighted by Gasteiger charge is 2.09. The first kappa shape index (κ1) is 12.1. The number of hydrogen-bond acceptors (Lipinski definition) is 4. The Morgan fingerprint density at radius 2 is 2.18 bits per heavy atom. The van der Waals surface area contributed by atoms with E-state index in [0.717, 1.165) is 0 Å². The number of anilines is 1. The molecule has 1 aromatic heterocycles. The van der Waals surface area contributed by atoms with Gasteiger partial charge in [0.2, 0.25) is 5.88 Å². The van der Waals surface area contributed by atoms with Gasteiger partial charge >= 0.3 is 0 Å². The Kier molecular flexibility index (Phi) is 3.81. The fourth-order valence-electron chi connectivity index (χ4n) is 1.24. The molecule has 0 amide bonds. The van der Waals surface area contributed by atoms with Gasteiger partial charge in [0.1, 0.15) is 22.4 Å². The average Bonchev–Trinajstić information content (AvgIpc) is 2.32. The fourth-order valence-corrected chi connectivity index (χ4v) is 1.91. The Hall–Kier alpha value is -1.33. The van der Waals surface area contributed by atoms with Crippen molar-refractivity contribution in [2.75, 3.05) is 12.4 Å². The number of aromatic nitrogens is 2. The van der Waals surface area contributed by atoms with Gasteiger partial charge in [0, 0.05) is 12.1 Å². The molecule has 2 rings (SSSR count). The highest BCUT2D eigenvalue weighted by Crippen LogP contribution is 2.32. The summed E-state index contributed by atoms with van der Waals surface area (Å²) in [5.74, 6) is 1.72. The molecule has 0 bridgehead atoms. The molecule has 0 unspecified atom stereocenters. The maximum absolute atomic E-state index is 5.87. The minimum atomic E-state index is 0.437. The van der Waals surface area contributed by atoms with Crippen molar-refractivity contribution in [2.24, 2.45) is 0 Å². The first-order valence-electron chi connectivity index (χ1n) is 4.82. The van der Waals surface area contributed by atoms with Crippen molar-refractivity contribution in [2.45, 2.75) is 0 Å². The van der Waals surface area contributed by atoms with Crippen LogP contribution in [0.1, 0.15) is 0 Å². The molecule has 0 saturated carbocycles. The monoisotopic (exact) mass is 313 g/mol. The number of nitrogens with zero attached hydrogens (tertiary/aromatic N) is 2. The van der Waals surface area contributed by atoms with Crippen LogP contribution in [0.4, 0.5) is 5.82 Å². The van der Waals surface area contributed by atoms with Gasteiger partial charge in [-0.05, 0) is 34.1 Å². The largest absolute Gasteiger partial charge is 0.438 e. The van der Waals surface area contributed by atoms with Crippen LogP contribution >= 0.6 is 27.5 Å². The molecule has 0 aliphatic carbocycles. The van der Waals surface area contributed by atoms with E-state index >= 15 is 0 Å². The topological polar surface area (TPSA) is 47.0 Å². The third-order valence-corrected chi connectivity index (χ3v) is 2.95. The number of rotatable bonds is 3. The molecule has 0 saturated heterocycles. The van der Waals surface area contributed by atoms with Crippen molar-refractivity contribution in [1.29, 1.82) is 0 Å². The van der Waals surface area contributed by atoms with Crippen LogP contribution in [0.25, 0.3) is 0 Å². The summed E-state index contributed by atoms with van der Waals surface area (Å²) in [6, 6.07) is 7.11.